The van der Waals surface area contributed by atoms with Crippen LogP contribution in [0.25, 0.3) is 0 Å². The SMILES string of the molecule is Cc1cc(Cl)cc(C(=O)NC(C)(CO)C2CC2)c1. The molecule has 2 rings (SSSR count). The molecule has 1 saturated carbocycles. The Kier molecular flexibility index (Phi) is 3.64. The highest BCUT2D eigenvalue weighted by Crippen LogP contribution is 2.39. The minimum atomic E-state index is -0.521. The second-order valence-electron chi connectivity index (χ2n) is 5.32. The third-order valence-corrected chi connectivity index (χ3v) is 3.73. The number of aryl methyl sites for hydroxylation is 1. The molecule has 4 heteroatoms. The van der Waals surface area contributed by atoms with Gasteiger partial charge in [0.05, 0.1) is 12.1 Å². The van der Waals surface area contributed by atoms with E-state index in [9.17, 15) is 9.90 Å². The summed E-state index contributed by atoms with van der Waals surface area (Å²) in [7, 11) is 0. The van der Waals surface area contributed by atoms with Crippen LogP contribution in [-0.2, 0) is 0 Å². The van der Waals surface area contributed by atoms with E-state index in [1.165, 1.54) is 0 Å². The van der Waals surface area contributed by atoms with Crippen molar-refractivity contribution in [3.05, 3.63) is 34.3 Å². The van der Waals surface area contributed by atoms with Crippen LogP contribution in [0.5, 0.6) is 0 Å². The summed E-state index contributed by atoms with van der Waals surface area (Å²) in [5.74, 6) is 0.204. The van der Waals surface area contributed by atoms with Crippen molar-refractivity contribution in [2.75, 3.05) is 6.61 Å². The molecule has 0 aromatic heterocycles. The molecule has 2 N–H and O–H groups in total. The van der Waals surface area contributed by atoms with Gasteiger partial charge in [-0.2, -0.15) is 0 Å². The number of halogens is 1. The van der Waals surface area contributed by atoms with Crippen LogP contribution >= 0.6 is 11.6 Å². The Labute approximate surface area is 112 Å². The molecule has 0 aliphatic heterocycles. The van der Waals surface area contributed by atoms with Gasteiger partial charge in [-0.15, -0.1) is 0 Å². The van der Waals surface area contributed by atoms with Crippen molar-refractivity contribution in [2.45, 2.75) is 32.2 Å². The van der Waals surface area contributed by atoms with Gasteiger partial charge < -0.3 is 10.4 Å². The van der Waals surface area contributed by atoms with Crippen molar-refractivity contribution >= 4 is 17.5 Å². The molecule has 0 radical (unpaired) electrons. The molecule has 1 amide bonds. The molecule has 0 saturated heterocycles. The first-order chi connectivity index (χ1) is 8.44. The lowest BCUT2D eigenvalue weighted by Crippen LogP contribution is -2.50. The van der Waals surface area contributed by atoms with E-state index in [1.54, 1.807) is 12.1 Å². The van der Waals surface area contributed by atoms with Crippen molar-refractivity contribution in [1.82, 2.24) is 5.32 Å². The van der Waals surface area contributed by atoms with E-state index >= 15 is 0 Å². The molecular weight excluding hydrogens is 250 g/mol. The van der Waals surface area contributed by atoms with Crippen molar-refractivity contribution in [1.29, 1.82) is 0 Å². The molecule has 0 bridgehead atoms. The zero-order valence-electron chi connectivity index (χ0n) is 10.7. The van der Waals surface area contributed by atoms with Gasteiger partial charge in [-0.3, -0.25) is 4.79 Å². The highest BCUT2D eigenvalue weighted by molar-refractivity contribution is 6.31. The lowest BCUT2D eigenvalue weighted by atomic mass is 9.96. The number of hydrogen-bond donors (Lipinski definition) is 2. The standard InChI is InChI=1S/C14H18ClNO2/c1-9-5-10(7-12(15)6-9)13(18)16-14(2,8-17)11-3-4-11/h5-7,11,17H,3-4,8H2,1-2H3,(H,16,18). The topological polar surface area (TPSA) is 49.3 Å². The second-order valence-corrected chi connectivity index (χ2v) is 5.76. The first kappa shape index (κ1) is 13.4. The fraction of sp³-hybridized carbons (Fsp3) is 0.500. The summed E-state index contributed by atoms with van der Waals surface area (Å²) >= 11 is 5.94. The van der Waals surface area contributed by atoms with Crippen molar-refractivity contribution < 1.29 is 9.90 Å². The number of rotatable bonds is 4. The van der Waals surface area contributed by atoms with Gasteiger partial charge in [0.1, 0.15) is 0 Å². The molecule has 0 heterocycles. The van der Waals surface area contributed by atoms with Crippen LogP contribution in [0.3, 0.4) is 0 Å². The molecule has 1 atom stereocenters. The normalized spacial score (nSPS) is 18.2. The molecule has 1 aromatic rings. The van der Waals surface area contributed by atoms with E-state index in [4.69, 9.17) is 11.6 Å². The van der Waals surface area contributed by atoms with Crippen LogP contribution in [0.15, 0.2) is 18.2 Å². The second kappa shape index (κ2) is 4.90. The largest absolute Gasteiger partial charge is 0.394 e. The molecule has 1 fully saturated rings. The van der Waals surface area contributed by atoms with Crippen molar-refractivity contribution in [3.8, 4) is 0 Å². The van der Waals surface area contributed by atoms with E-state index < -0.39 is 5.54 Å². The fourth-order valence-corrected chi connectivity index (χ4v) is 2.48. The number of carbonyl (C=O) groups excluding carboxylic acids is 1. The summed E-state index contributed by atoms with van der Waals surface area (Å²) in [4.78, 5) is 12.2. The maximum Gasteiger partial charge on any atom is 0.251 e. The van der Waals surface area contributed by atoms with E-state index in [-0.39, 0.29) is 12.5 Å². The summed E-state index contributed by atoms with van der Waals surface area (Å²) in [5.41, 5.74) is 0.970. The van der Waals surface area contributed by atoms with Crippen LogP contribution in [0.4, 0.5) is 0 Å². The monoisotopic (exact) mass is 267 g/mol. The zero-order chi connectivity index (χ0) is 13.3. The van der Waals surface area contributed by atoms with Gasteiger partial charge >= 0.3 is 0 Å². The van der Waals surface area contributed by atoms with Crippen LogP contribution < -0.4 is 5.32 Å². The molecule has 18 heavy (non-hydrogen) atoms. The lowest BCUT2D eigenvalue weighted by Gasteiger charge is -2.28. The number of carbonyl (C=O) groups is 1. The van der Waals surface area contributed by atoms with Crippen LogP contribution in [0.1, 0.15) is 35.7 Å². The summed E-state index contributed by atoms with van der Waals surface area (Å²) in [5, 5.41) is 12.9. The number of benzene rings is 1. The first-order valence-corrected chi connectivity index (χ1v) is 6.53. The third-order valence-electron chi connectivity index (χ3n) is 3.51. The maximum absolute atomic E-state index is 12.2. The number of nitrogens with one attached hydrogen (secondary N) is 1. The van der Waals surface area contributed by atoms with Gasteiger partial charge in [0.2, 0.25) is 0 Å². The molecule has 1 aromatic carbocycles. The smallest absolute Gasteiger partial charge is 0.251 e. The molecular formula is C14H18ClNO2. The van der Waals surface area contributed by atoms with Crippen molar-refractivity contribution in [3.63, 3.8) is 0 Å². The summed E-state index contributed by atoms with van der Waals surface area (Å²) in [6, 6.07) is 5.25. The van der Waals surface area contributed by atoms with Crippen LogP contribution in [-0.4, -0.2) is 23.2 Å². The lowest BCUT2D eigenvalue weighted by molar-refractivity contribution is 0.0824. The minimum absolute atomic E-state index is 0.0387. The Morgan fingerprint density at radius 2 is 2.17 bits per heavy atom. The molecule has 3 nitrogen and oxygen atoms in total. The van der Waals surface area contributed by atoms with Gasteiger partial charge in [-0.1, -0.05) is 11.6 Å². The molecule has 1 unspecified atom stereocenters. The fourth-order valence-electron chi connectivity index (χ4n) is 2.19. The quantitative estimate of drug-likeness (QED) is 0.881. The molecule has 1 aliphatic rings. The predicted molar refractivity (Wildman–Crippen MR) is 71.9 cm³/mol. The first-order valence-electron chi connectivity index (χ1n) is 6.15. The maximum atomic E-state index is 12.2. The Morgan fingerprint density at radius 1 is 1.50 bits per heavy atom. The number of amides is 1. The minimum Gasteiger partial charge on any atom is -0.394 e. The van der Waals surface area contributed by atoms with E-state index in [2.05, 4.69) is 5.32 Å². The number of aliphatic hydroxyl groups is 1. The zero-order valence-corrected chi connectivity index (χ0v) is 11.4. The van der Waals surface area contributed by atoms with Crippen LogP contribution in [0, 0.1) is 12.8 Å². The highest BCUT2D eigenvalue weighted by atomic mass is 35.5. The Balaban J connectivity index is 2.16. The molecule has 0 spiro atoms. The van der Waals surface area contributed by atoms with Gasteiger partial charge in [0.15, 0.2) is 0 Å². The highest BCUT2D eigenvalue weighted by Gasteiger charge is 2.42. The summed E-state index contributed by atoms with van der Waals surface area (Å²) < 4.78 is 0. The molecule has 1 aliphatic carbocycles. The van der Waals surface area contributed by atoms with Crippen LogP contribution in [0.2, 0.25) is 5.02 Å². The Hall–Kier alpha value is -1.06. The van der Waals surface area contributed by atoms with E-state index in [1.807, 2.05) is 19.9 Å². The average molecular weight is 268 g/mol. The Bertz CT molecular complexity index is 451. The van der Waals surface area contributed by atoms with Gasteiger partial charge in [0, 0.05) is 10.6 Å². The van der Waals surface area contributed by atoms with Crippen molar-refractivity contribution in [2.24, 2.45) is 5.92 Å². The van der Waals surface area contributed by atoms with Gasteiger partial charge in [0.25, 0.3) is 5.91 Å². The summed E-state index contributed by atoms with van der Waals surface area (Å²) in [6.07, 6.45) is 2.12. The van der Waals surface area contributed by atoms with Gasteiger partial charge in [-0.25, -0.2) is 0 Å². The average Bonchev–Trinajstić information content (AvgIpc) is 3.11. The van der Waals surface area contributed by atoms with E-state index in [0.717, 1.165) is 18.4 Å². The predicted octanol–water partition coefficient (Wildman–Crippen LogP) is 2.54. The molecule has 98 valence electrons. The van der Waals surface area contributed by atoms with E-state index in [0.29, 0.717) is 16.5 Å². The van der Waals surface area contributed by atoms with Gasteiger partial charge in [-0.05, 0) is 56.4 Å². The summed E-state index contributed by atoms with van der Waals surface area (Å²) in [6.45, 7) is 3.75. The number of aliphatic hydroxyl groups excluding tert-OH is 1. The third kappa shape index (κ3) is 2.85. The number of hydrogen-bond acceptors (Lipinski definition) is 2. The Morgan fingerprint density at radius 3 is 2.67 bits per heavy atom.